The molecule has 1 aliphatic carbocycles. The molecular weight excluding hydrogens is 370 g/mol. The predicted octanol–water partition coefficient (Wildman–Crippen LogP) is 7.62. The molecule has 0 bridgehead atoms. The average molecular weight is 403 g/mol. The standard InChI is InChI=1S/C20H33BrClN/c21-19-15-14-17-12-10-8-6-4-2-1-3-5-7-9-11-13-18(17)16-23-20(19)22/h15,17-18H,1-14,16H2. The highest BCUT2D eigenvalue weighted by molar-refractivity contribution is 9.12. The van der Waals surface area contributed by atoms with Crippen LogP contribution in [0.15, 0.2) is 15.6 Å². The summed E-state index contributed by atoms with van der Waals surface area (Å²) in [5.74, 6) is 1.52. The van der Waals surface area contributed by atoms with Crippen molar-refractivity contribution in [1.82, 2.24) is 0 Å². The van der Waals surface area contributed by atoms with Crippen LogP contribution in [0.2, 0.25) is 0 Å². The van der Waals surface area contributed by atoms with Gasteiger partial charge in [-0.25, -0.2) is 0 Å². The molecule has 132 valence electrons. The van der Waals surface area contributed by atoms with E-state index in [0.717, 1.165) is 29.3 Å². The molecule has 0 spiro atoms. The van der Waals surface area contributed by atoms with Gasteiger partial charge in [0.15, 0.2) is 0 Å². The van der Waals surface area contributed by atoms with Gasteiger partial charge in [0.2, 0.25) is 0 Å². The molecule has 0 N–H and O–H groups in total. The van der Waals surface area contributed by atoms with Crippen molar-refractivity contribution in [1.29, 1.82) is 0 Å². The maximum Gasteiger partial charge on any atom is 0.137 e. The molecule has 1 nitrogen and oxygen atoms in total. The Labute approximate surface area is 156 Å². The third-order valence-electron chi connectivity index (χ3n) is 5.58. The van der Waals surface area contributed by atoms with E-state index >= 15 is 0 Å². The lowest BCUT2D eigenvalue weighted by Gasteiger charge is -2.27. The van der Waals surface area contributed by atoms with Crippen molar-refractivity contribution in [2.24, 2.45) is 16.8 Å². The van der Waals surface area contributed by atoms with E-state index in [1.54, 1.807) is 0 Å². The zero-order valence-electron chi connectivity index (χ0n) is 14.5. The zero-order chi connectivity index (χ0) is 16.3. The van der Waals surface area contributed by atoms with Crippen LogP contribution in [0.25, 0.3) is 0 Å². The number of rotatable bonds is 0. The van der Waals surface area contributed by atoms with E-state index in [0.29, 0.717) is 5.17 Å². The molecule has 0 aromatic carbocycles. The Balaban J connectivity index is 1.93. The molecule has 2 unspecified atom stereocenters. The Hall–Kier alpha value is 0.180. The highest BCUT2D eigenvalue weighted by Crippen LogP contribution is 2.32. The number of hydrogen-bond donors (Lipinski definition) is 0. The molecule has 1 saturated carbocycles. The minimum Gasteiger partial charge on any atom is -0.272 e. The third-order valence-corrected chi connectivity index (χ3v) is 6.83. The molecule has 0 aromatic rings. The Morgan fingerprint density at radius 3 is 1.83 bits per heavy atom. The first-order valence-corrected chi connectivity index (χ1v) is 11.0. The summed E-state index contributed by atoms with van der Waals surface area (Å²) in [6, 6.07) is 0. The van der Waals surface area contributed by atoms with Crippen LogP contribution in [-0.2, 0) is 0 Å². The molecule has 0 aromatic heterocycles. The minimum absolute atomic E-state index is 0.666. The second kappa shape index (κ2) is 11.7. The number of fused-ring (bicyclic) bond motifs is 1. The highest BCUT2D eigenvalue weighted by Gasteiger charge is 2.22. The molecule has 2 rings (SSSR count). The number of hydrogen-bond acceptors (Lipinski definition) is 1. The van der Waals surface area contributed by atoms with Crippen molar-refractivity contribution in [3.63, 3.8) is 0 Å². The van der Waals surface area contributed by atoms with Gasteiger partial charge in [0.25, 0.3) is 0 Å². The Kier molecular flexibility index (Phi) is 9.91. The van der Waals surface area contributed by atoms with E-state index in [-0.39, 0.29) is 0 Å². The van der Waals surface area contributed by atoms with E-state index in [2.05, 4.69) is 27.0 Å². The first-order valence-electron chi connectivity index (χ1n) is 9.83. The van der Waals surface area contributed by atoms with Crippen LogP contribution >= 0.6 is 27.5 Å². The minimum atomic E-state index is 0.666. The quantitative estimate of drug-likeness (QED) is 0.395. The molecule has 3 heteroatoms. The smallest absolute Gasteiger partial charge is 0.137 e. The number of aliphatic imine (C=N–C) groups is 1. The normalized spacial score (nSPS) is 29.8. The van der Waals surface area contributed by atoms with Crippen LogP contribution in [0, 0.1) is 11.8 Å². The zero-order valence-corrected chi connectivity index (χ0v) is 16.9. The van der Waals surface area contributed by atoms with E-state index in [4.69, 9.17) is 11.6 Å². The fourth-order valence-corrected chi connectivity index (χ4v) is 4.50. The van der Waals surface area contributed by atoms with Gasteiger partial charge in [-0.1, -0.05) is 88.3 Å². The van der Waals surface area contributed by atoms with Gasteiger partial charge in [0.05, 0.1) is 4.48 Å². The van der Waals surface area contributed by atoms with Crippen molar-refractivity contribution in [3.8, 4) is 0 Å². The summed E-state index contributed by atoms with van der Waals surface area (Å²) in [6.07, 6.45) is 21.8. The van der Waals surface area contributed by atoms with Crippen LogP contribution in [0.4, 0.5) is 0 Å². The van der Waals surface area contributed by atoms with Gasteiger partial charge in [0, 0.05) is 6.54 Å². The van der Waals surface area contributed by atoms with Gasteiger partial charge in [-0.3, -0.25) is 4.99 Å². The largest absolute Gasteiger partial charge is 0.272 e. The van der Waals surface area contributed by atoms with Gasteiger partial charge < -0.3 is 0 Å². The molecular formula is C20H33BrClN. The monoisotopic (exact) mass is 401 g/mol. The predicted molar refractivity (Wildman–Crippen MR) is 107 cm³/mol. The maximum absolute atomic E-state index is 6.25. The maximum atomic E-state index is 6.25. The summed E-state index contributed by atoms with van der Waals surface area (Å²) in [5.41, 5.74) is 0. The van der Waals surface area contributed by atoms with E-state index in [1.165, 1.54) is 83.5 Å². The summed E-state index contributed by atoms with van der Waals surface area (Å²) < 4.78 is 0.994. The van der Waals surface area contributed by atoms with E-state index in [1.807, 2.05) is 0 Å². The van der Waals surface area contributed by atoms with Crippen LogP contribution in [0.1, 0.15) is 89.9 Å². The molecule has 1 fully saturated rings. The lowest BCUT2D eigenvalue weighted by atomic mass is 9.81. The molecule has 23 heavy (non-hydrogen) atoms. The molecule has 1 aliphatic heterocycles. The average Bonchev–Trinajstić information content (AvgIpc) is 2.56. The van der Waals surface area contributed by atoms with Crippen molar-refractivity contribution in [3.05, 3.63) is 10.6 Å². The Bertz CT molecular complexity index is 355. The Morgan fingerprint density at radius 1 is 0.783 bits per heavy atom. The fraction of sp³-hybridized carbons (Fsp3) is 0.850. The molecule has 2 atom stereocenters. The Morgan fingerprint density at radius 2 is 1.26 bits per heavy atom. The number of nitrogens with zero attached hydrogens (tertiary/aromatic N) is 1. The van der Waals surface area contributed by atoms with Gasteiger partial charge in [-0.15, -0.1) is 0 Å². The van der Waals surface area contributed by atoms with Gasteiger partial charge in [-0.2, -0.15) is 0 Å². The summed E-state index contributed by atoms with van der Waals surface area (Å²) in [7, 11) is 0. The fourth-order valence-electron chi connectivity index (χ4n) is 4.04. The summed E-state index contributed by atoms with van der Waals surface area (Å²) in [5, 5.41) is 0.666. The first kappa shape index (κ1) is 19.5. The topological polar surface area (TPSA) is 12.4 Å². The highest BCUT2D eigenvalue weighted by atomic mass is 79.9. The number of allylic oxidation sites excluding steroid dienone is 2. The van der Waals surface area contributed by atoms with Crippen molar-refractivity contribution in [2.45, 2.75) is 89.9 Å². The molecule has 2 aliphatic rings. The van der Waals surface area contributed by atoms with Gasteiger partial charge in [0.1, 0.15) is 5.17 Å². The van der Waals surface area contributed by atoms with Crippen LogP contribution in [-0.4, -0.2) is 11.7 Å². The summed E-state index contributed by atoms with van der Waals surface area (Å²) in [6.45, 7) is 0.923. The van der Waals surface area contributed by atoms with E-state index in [9.17, 15) is 0 Å². The second-order valence-corrected chi connectivity index (χ2v) is 8.62. The lowest BCUT2D eigenvalue weighted by molar-refractivity contribution is 0.286. The second-order valence-electron chi connectivity index (χ2n) is 7.41. The molecule has 0 radical (unpaired) electrons. The molecule has 1 heterocycles. The van der Waals surface area contributed by atoms with Crippen molar-refractivity contribution < 1.29 is 0 Å². The SMILES string of the molecule is ClC1=NCC2CCCCCCCCCCCCCC2CC=C1Br. The summed E-state index contributed by atoms with van der Waals surface area (Å²) in [4.78, 5) is 4.63. The van der Waals surface area contributed by atoms with Crippen LogP contribution < -0.4 is 0 Å². The summed E-state index contributed by atoms with van der Waals surface area (Å²) >= 11 is 9.81. The molecule has 0 amide bonds. The van der Waals surface area contributed by atoms with Gasteiger partial charge in [-0.05, 0) is 47.0 Å². The number of halogens is 2. The van der Waals surface area contributed by atoms with Crippen LogP contribution in [0.5, 0.6) is 0 Å². The third kappa shape index (κ3) is 7.73. The van der Waals surface area contributed by atoms with Gasteiger partial charge >= 0.3 is 0 Å². The van der Waals surface area contributed by atoms with Crippen LogP contribution in [0.3, 0.4) is 0 Å². The molecule has 0 saturated heterocycles. The first-order chi connectivity index (χ1) is 11.3. The van der Waals surface area contributed by atoms with Crippen molar-refractivity contribution in [2.75, 3.05) is 6.54 Å². The van der Waals surface area contributed by atoms with E-state index < -0.39 is 0 Å². The van der Waals surface area contributed by atoms with Crippen molar-refractivity contribution >= 4 is 32.7 Å². The lowest BCUT2D eigenvalue weighted by Crippen LogP contribution is -2.20.